The number of carbonyl (C=O) groups is 2. The highest BCUT2D eigenvalue weighted by Crippen LogP contribution is 2.16. The van der Waals surface area contributed by atoms with E-state index < -0.39 is 5.97 Å². The summed E-state index contributed by atoms with van der Waals surface area (Å²) in [5.74, 6) is -1.18. The number of nitrogens with one attached hydrogen (secondary N) is 1. The Balaban J connectivity index is 2.08. The van der Waals surface area contributed by atoms with E-state index in [-0.39, 0.29) is 22.7 Å². The fraction of sp³-hybridized carbons (Fsp3) is 0.105. The fourth-order valence-electron chi connectivity index (χ4n) is 2.53. The average molecular weight is 369 g/mol. The van der Waals surface area contributed by atoms with Crippen molar-refractivity contribution < 1.29 is 19.1 Å². The van der Waals surface area contributed by atoms with Gasteiger partial charge in [-0.3, -0.25) is 9.59 Å². The number of furan rings is 1. The molecule has 0 aliphatic rings. The molecule has 6 nitrogen and oxygen atoms in total. The normalized spacial score (nSPS) is 12.5. The number of aromatic nitrogens is 1. The summed E-state index contributed by atoms with van der Waals surface area (Å²) in [6.45, 7) is 3.57. The van der Waals surface area contributed by atoms with Gasteiger partial charge < -0.3 is 14.5 Å². The first-order chi connectivity index (χ1) is 12.3. The maximum absolute atomic E-state index is 12.2. The molecule has 0 aliphatic carbocycles. The Hall–Kier alpha value is -3.19. The Bertz CT molecular complexity index is 1170. The number of benzene rings is 1. The van der Waals surface area contributed by atoms with Crippen molar-refractivity contribution in [3.05, 3.63) is 78.1 Å². The third-order valence-corrected chi connectivity index (χ3v) is 4.80. The largest absolute Gasteiger partial charge is 0.478 e. The maximum atomic E-state index is 12.2. The number of carboxylic acid groups (broad SMARTS) is 1. The molecular weight excluding hydrogens is 354 g/mol. The van der Waals surface area contributed by atoms with Crippen LogP contribution in [0, 0.1) is 13.8 Å². The summed E-state index contributed by atoms with van der Waals surface area (Å²) in [7, 11) is 0. The SMILES string of the molecule is Cc1cc(C)c(C(=O)O)cc1/C=c1\s/c(=C\C(=O)c2ccco2)[nH]c1=O. The number of aromatic carboxylic acids is 1. The van der Waals surface area contributed by atoms with Crippen molar-refractivity contribution in [1.29, 1.82) is 0 Å². The highest BCUT2D eigenvalue weighted by molar-refractivity contribution is 7.07. The lowest BCUT2D eigenvalue weighted by Crippen LogP contribution is -2.20. The van der Waals surface area contributed by atoms with E-state index in [0.29, 0.717) is 20.3 Å². The first-order valence-electron chi connectivity index (χ1n) is 7.70. The summed E-state index contributed by atoms with van der Waals surface area (Å²) >= 11 is 1.12. The van der Waals surface area contributed by atoms with Crippen LogP contribution in [-0.2, 0) is 0 Å². The summed E-state index contributed by atoms with van der Waals surface area (Å²) in [5, 5.41) is 9.26. The van der Waals surface area contributed by atoms with E-state index in [1.165, 1.54) is 12.3 Å². The molecule has 0 atom stereocenters. The van der Waals surface area contributed by atoms with Crippen LogP contribution >= 0.6 is 11.3 Å². The van der Waals surface area contributed by atoms with Gasteiger partial charge in [-0.15, -0.1) is 11.3 Å². The highest BCUT2D eigenvalue weighted by atomic mass is 32.1. The molecule has 1 aromatic carbocycles. The lowest BCUT2D eigenvalue weighted by atomic mass is 10.00. The first-order valence-corrected chi connectivity index (χ1v) is 8.52. The lowest BCUT2D eigenvalue weighted by molar-refractivity contribution is 0.0696. The van der Waals surface area contributed by atoms with Gasteiger partial charge in [-0.25, -0.2) is 4.79 Å². The summed E-state index contributed by atoms with van der Waals surface area (Å²) in [6.07, 6.45) is 4.32. The lowest BCUT2D eigenvalue weighted by Gasteiger charge is -2.06. The van der Waals surface area contributed by atoms with Crippen LogP contribution in [-0.4, -0.2) is 21.8 Å². The quantitative estimate of drug-likeness (QED) is 0.684. The van der Waals surface area contributed by atoms with Crippen LogP contribution in [0.5, 0.6) is 0 Å². The molecule has 0 amide bonds. The van der Waals surface area contributed by atoms with Gasteiger partial charge in [0.25, 0.3) is 5.56 Å². The van der Waals surface area contributed by atoms with E-state index in [0.717, 1.165) is 16.9 Å². The Morgan fingerprint density at radius 1 is 1.23 bits per heavy atom. The standard InChI is InChI=1S/C19H15NO5S/c1-10-6-11(2)13(19(23)24)7-12(10)8-16-18(22)20-17(26-16)9-14(21)15-4-3-5-25-15/h3-9H,1-2H3,(H,20,22)(H,23,24)/b16-8-,17-9-. The predicted molar refractivity (Wildman–Crippen MR) is 98.1 cm³/mol. The average Bonchev–Trinajstić information content (AvgIpc) is 3.20. The number of Topliss-reactive ketones (excluding diaryl/α,β-unsaturated/α-hetero) is 1. The number of hydrogen-bond acceptors (Lipinski definition) is 5. The number of H-pyrrole nitrogens is 1. The molecule has 3 rings (SSSR count). The zero-order valence-corrected chi connectivity index (χ0v) is 14.8. The topological polar surface area (TPSA) is 100 Å². The van der Waals surface area contributed by atoms with Gasteiger partial charge in [-0.2, -0.15) is 0 Å². The molecule has 0 saturated heterocycles. The summed E-state index contributed by atoms with van der Waals surface area (Å²) < 4.78 is 5.81. The second kappa shape index (κ2) is 6.97. The number of carbonyl (C=O) groups excluding carboxylic acids is 1. The number of carboxylic acids is 1. The molecule has 0 spiro atoms. The molecule has 0 aliphatic heterocycles. The number of ketones is 1. The molecule has 7 heteroatoms. The number of thiazole rings is 1. The maximum Gasteiger partial charge on any atom is 0.335 e. The van der Waals surface area contributed by atoms with Crippen molar-refractivity contribution in [2.75, 3.05) is 0 Å². The molecule has 0 radical (unpaired) electrons. The van der Waals surface area contributed by atoms with Gasteiger partial charge in [0.2, 0.25) is 5.78 Å². The molecule has 2 aromatic heterocycles. The van der Waals surface area contributed by atoms with Crippen molar-refractivity contribution in [3.8, 4) is 0 Å². The molecule has 2 heterocycles. The van der Waals surface area contributed by atoms with Crippen LogP contribution in [0.1, 0.15) is 37.6 Å². The minimum atomic E-state index is -1.02. The second-order valence-electron chi connectivity index (χ2n) is 5.74. The Morgan fingerprint density at radius 2 is 2.00 bits per heavy atom. The van der Waals surface area contributed by atoms with Crippen LogP contribution in [0.15, 0.2) is 39.7 Å². The van der Waals surface area contributed by atoms with Crippen molar-refractivity contribution in [2.45, 2.75) is 13.8 Å². The van der Waals surface area contributed by atoms with Gasteiger partial charge in [0.05, 0.1) is 21.0 Å². The van der Waals surface area contributed by atoms with Gasteiger partial charge >= 0.3 is 5.97 Å². The van der Waals surface area contributed by atoms with Gasteiger partial charge in [0, 0.05) is 6.08 Å². The van der Waals surface area contributed by atoms with Gasteiger partial charge in [0.15, 0.2) is 5.76 Å². The fourth-order valence-corrected chi connectivity index (χ4v) is 3.41. The van der Waals surface area contributed by atoms with Gasteiger partial charge in [0.1, 0.15) is 0 Å². The number of aryl methyl sites for hydroxylation is 2. The molecule has 3 aromatic rings. The number of rotatable bonds is 4. The van der Waals surface area contributed by atoms with E-state index in [2.05, 4.69) is 4.98 Å². The smallest absolute Gasteiger partial charge is 0.335 e. The van der Waals surface area contributed by atoms with Gasteiger partial charge in [-0.1, -0.05) is 6.07 Å². The van der Waals surface area contributed by atoms with Crippen LogP contribution < -0.4 is 14.8 Å². The molecule has 0 fully saturated rings. The van der Waals surface area contributed by atoms with Crippen molar-refractivity contribution in [2.24, 2.45) is 0 Å². The Labute approximate surface area is 151 Å². The summed E-state index contributed by atoms with van der Waals surface area (Å²) in [5.41, 5.74) is 2.01. The van der Waals surface area contributed by atoms with Crippen LogP contribution in [0.2, 0.25) is 0 Å². The zero-order chi connectivity index (χ0) is 18.8. The Kier molecular flexibility index (Phi) is 4.73. The van der Waals surface area contributed by atoms with E-state index in [4.69, 9.17) is 4.42 Å². The second-order valence-corrected chi connectivity index (χ2v) is 6.83. The predicted octanol–water partition coefficient (Wildman–Crippen LogP) is 1.84. The number of aromatic amines is 1. The van der Waals surface area contributed by atoms with Gasteiger partial charge in [-0.05, 0) is 54.8 Å². The molecule has 0 unspecified atom stereocenters. The summed E-state index contributed by atoms with van der Waals surface area (Å²) in [6, 6.07) is 6.46. The summed E-state index contributed by atoms with van der Waals surface area (Å²) in [4.78, 5) is 38.1. The third kappa shape index (κ3) is 3.57. The van der Waals surface area contributed by atoms with E-state index in [9.17, 15) is 19.5 Å². The van der Waals surface area contributed by atoms with Crippen molar-refractivity contribution >= 4 is 35.2 Å². The van der Waals surface area contributed by atoms with Crippen molar-refractivity contribution in [3.63, 3.8) is 0 Å². The van der Waals surface area contributed by atoms with Crippen molar-refractivity contribution in [1.82, 2.24) is 4.98 Å². The molecule has 132 valence electrons. The van der Waals surface area contributed by atoms with Crippen LogP contribution in [0.25, 0.3) is 12.2 Å². The molecule has 0 saturated carbocycles. The molecule has 26 heavy (non-hydrogen) atoms. The highest BCUT2D eigenvalue weighted by Gasteiger charge is 2.10. The number of hydrogen-bond donors (Lipinski definition) is 2. The van der Waals surface area contributed by atoms with E-state index >= 15 is 0 Å². The Morgan fingerprint density at radius 3 is 2.65 bits per heavy atom. The molecule has 2 N–H and O–H groups in total. The monoisotopic (exact) mass is 369 g/mol. The minimum absolute atomic E-state index is 0.185. The van der Waals surface area contributed by atoms with E-state index in [1.807, 2.05) is 6.92 Å². The van der Waals surface area contributed by atoms with E-state index in [1.54, 1.807) is 37.3 Å². The van der Waals surface area contributed by atoms with Crippen LogP contribution in [0.3, 0.4) is 0 Å². The third-order valence-electron chi connectivity index (χ3n) is 3.84. The first kappa shape index (κ1) is 17.6. The molecular formula is C19H15NO5S. The molecule has 0 bridgehead atoms. The minimum Gasteiger partial charge on any atom is -0.478 e. The van der Waals surface area contributed by atoms with Crippen LogP contribution in [0.4, 0.5) is 0 Å². The zero-order valence-electron chi connectivity index (χ0n) is 14.0.